The van der Waals surface area contributed by atoms with E-state index in [0.29, 0.717) is 12.3 Å². The Morgan fingerprint density at radius 2 is 2.20 bits per heavy atom. The SMILES string of the molecule is CCc1cccc(N2C[C@@H](CN3CCC3)CCC2=O)n1. The number of pyridine rings is 1. The molecule has 3 heterocycles. The van der Waals surface area contributed by atoms with E-state index in [-0.39, 0.29) is 5.91 Å². The van der Waals surface area contributed by atoms with Gasteiger partial charge in [0.15, 0.2) is 0 Å². The molecule has 0 aliphatic carbocycles. The molecule has 1 aromatic heterocycles. The van der Waals surface area contributed by atoms with Gasteiger partial charge in [-0.15, -0.1) is 0 Å². The predicted molar refractivity (Wildman–Crippen MR) is 79.7 cm³/mol. The summed E-state index contributed by atoms with van der Waals surface area (Å²) in [5, 5.41) is 0. The summed E-state index contributed by atoms with van der Waals surface area (Å²) in [5.41, 5.74) is 1.06. The normalized spacial score (nSPS) is 23.8. The minimum Gasteiger partial charge on any atom is -0.303 e. The van der Waals surface area contributed by atoms with Crippen LogP contribution < -0.4 is 4.90 Å². The van der Waals surface area contributed by atoms with E-state index >= 15 is 0 Å². The summed E-state index contributed by atoms with van der Waals surface area (Å²) in [7, 11) is 0. The van der Waals surface area contributed by atoms with Crippen LogP contribution in [-0.4, -0.2) is 42.0 Å². The molecule has 0 spiro atoms. The number of carbonyl (C=O) groups excluding carboxylic acids is 1. The van der Waals surface area contributed by atoms with Crippen LogP contribution in [0.5, 0.6) is 0 Å². The van der Waals surface area contributed by atoms with Gasteiger partial charge in [-0.1, -0.05) is 13.0 Å². The number of anilines is 1. The van der Waals surface area contributed by atoms with Crippen molar-refractivity contribution >= 4 is 11.7 Å². The van der Waals surface area contributed by atoms with Crippen LogP contribution in [0.25, 0.3) is 0 Å². The van der Waals surface area contributed by atoms with Crippen LogP contribution in [0.3, 0.4) is 0 Å². The Hall–Kier alpha value is -1.42. The Labute approximate surface area is 120 Å². The number of likely N-dealkylation sites (tertiary alicyclic amines) is 1. The van der Waals surface area contributed by atoms with Gasteiger partial charge in [-0.25, -0.2) is 4.98 Å². The van der Waals surface area contributed by atoms with Crippen LogP contribution in [0.2, 0.25) is 0 Å². The number of carbonyl (C=O) groups is 1. The lowest BCUT2D eigenvalue weighted by Gasteiger charge is -2.38. The van der Waals surface area contributed by atoms with E-state index in [0.717, 1.165) is 37.4 Å². The third-order valence-corrected chi connectivity index (χ3v) is 4.40. The van der Waals surface area contributed by atoms with Crippen molar-refractivity contribution in [1.29, 1.82) is 0 Å². The average Bonchev–Trinajstić information content (AvgIpc) is 2.44. The molecule has 0 unspecified atom stereocenters. The highest BCUT2D eigenvalue weighted by molar-refractivity contribution is 5.93. The number of aryl methyl sites for hydroxylation is 1. The molecule has 2 aliphatic heterocycles. The van der Waals surface area contributed by atoms with Gasteiger partial charge < -0.3 is 4.90 Å². The van der Waals surface area contributed by atoms with E-state index in [2.05, 4.69) is 16.8 Å². The van der Waals surface area contributed by atoms with Crippen molar-refractivity contribution in [1.82, 2.24) is 9.88 Å². The van der Waals surface area contributed by atoms with Crippen molar-refractivity contribution in [2.24, 2.45) is 5.92 Å². The monoisotopic (exact) mass is 273 g/mol. The van der Waals surface area contributed by atoms with Gasteiger partial charge in [-0.2, -0.15) is 0 Å². The molecule has 3 rings (SSSR count). The molecule has 0 bridgehead atoms. The van der Waals surface area contributed by atoms with Gasteiger partial charge in [0.2, 0.25) is 5.91 Å². The van der Waals surface area contributed by atoms with Crippen molar-refractivity contribution in [3.63, 3.8) is 0 Å². The van der Waals surface area contributed by atoms with E-state index in [1.807, 2.05) is 23.1 Å². The maximum absolute atomic E-state index is 12.2. The first-order valence-corrected chi connectivity index (χ1v) is 7.75. The zero-order valence-electron chi connectivity index (χ0n) is 12.2. The van der Waals surface area contributed by atoms with E-state index in [9.17, 15) is 4.79 Å². The lowest BCUT2D eigenvalue weighted by Crippen LogP contribution is -2.47. The third kappa shape index (κ3) is 2.85. The van der Waals surface area contributed by atoms with Crippen molar-refractivity contribution in [3.8, 4) is 0 Å². The summed E-state index contributed by atoms with van der Waals surface area (Å²) in [6, 6.07) is 5.99. The second-order valence-electron chi connectivity index (χ2n) is 5.90. The second kappa shape index (κ2) is 5.92. The van der Waals surface area contributed by atoms with Crippen LogP contribution >= 0.6 is 0 Å². The molecule has 0 radical (unpaired) electrons. The Morgan fingerprint density at radius 3 is 2.90 bits per heavy atom. The molecule has 0 saturated carbocycles. The number of amides is 1. The van der Waals surface area contributed by atoms with E-state index < -0.39 is 0 Å². The van der Waals surface area contributed by atoms with Crippen LogP contribution in [-0.2, 0) is 11.2 Å². The number of hydrogen-bond donors (Lipinski definition) is 0. The van der Waals surface area contributed by atoms with Gasteiger partial charge in [0.05, 0.1) is 0 Å². The lowest BCUT2D eigenvalue weighted by molar-refractivity contribution is -0.120. The minimum atomic E-state index is 0.227. The standard InChI is InChI=1S/C16H23N3O/c1-2-14-5-3-6-15(17-14)19-12-13(7-8-16(19)20)11-18-9-4-10-18/h3,5-6,13H,2,4,7-12H2,1H3/t13-/m1/s1. The maximum atomic E-state index is 12.2. The zero-order valence-corrected chi connectivity index (χ0v) is 12.2. The van der Waals surface area contributed by atoms with E-state index in [1.54, 1.807) is 0 Å². The summed E-state index contributed by atoms with van der Waals surface area (Å²) in [6.07, 6.45) is 3.93. The molecule has 108 valence electrons. The molecular weight excluding hydrogens is 250 g/mol. The van der Waals surface area contributed by atoms with Gasteiger partial charge in [0.25, 0.3) is 0 Å². The Bertz CT molecular complexity index is 484. The second-order valence-corrected chi connectivity index (χ2v) is 5.90. The lowest BCUT2D eigenvalue weighted by atomic mass is 9.95. The summed E-state index contributed by atoms with van der Waals surface area (Å²) < 4.78 is 0. The summed E-state index contributed by atoms with van der Waals surface area (Å²) in [6.45, 7) is 6.52. The highest BCUT2D eigenvalue weighted by atomic mass is 16.2. The molecule has 4 nitrogen and oxygen atoms in total. The van der Waals surface area contributed by atoms with Crippen LogP contribution in [0.15, 0.2) is 18.2 Å². The van der Waals surface area contributed by atoms with Gasteiger partial charge in [-0.3, -0.25) is 9.69 Å². The van der Waals surface area contributed by atoms with Crippen molar-refractivity contribution in [3.05, 3.63) is 23.9 Å². The fraction of sp³-hybridized carbons (Fsp3) is 0.625. The highest BCUT2D eigenvalue weighted by Crippen LogP contribution is 2.24. The van der Waals surface area contributed by atoms with Crippen LogP contribution in [0.4, 0.5) is 5.82 Å². The number of rotatable bonds is 4. The first kappa shape index (κ1) is 13.6. The molecule has 0 N–H and O–H groups in total. The van der Waals surface area contributed by atoms with Crippen molar-refractivity contribution in [2.45, 2.75) is 32.6 Å². The van der Waals surface area contributed by atoms with E-state index in [4.69, 9.17) is 0 Å². The van der Waals surface area contributed by atoms with Gasteiger partial charge in [0, 0.05) is 25.2 Å². The molecule has 0 aromatic carbocycles. The van der Waals surface area contributed by atoms with Crippen molar-refractivity contribution in [2.75, 3.05) is 31.1 Å². The first-order valence-electron chi connectivity index (χ1n) is 7.75. The maximum Gasteiger partial charge on any atom is 0.228 e. The number of aromatic nitrogens is 1. The first-order chi connectivity index (χ1) is 9.76. The van der Waals surface area contributed by atoms with Crippen molar-refractivity contribution < 1.29 is 4.79 Å². The van der Waals surface area contributed by atoms with Crippen LogP contribution in [0, 0.1) is 5.92 Å². The summed E-state index contributed by atoms with van der Waals surface area (Å²) in [5.74, 6) is 1.66. The molecular formula is C16H23N3O. The molecule has 2 fully saturated rings. The molecule has 1 atom stereocenters. The van der Waals surface area contributed by atoms with Gasteiger partial charge in [-0.05, 0) is 50.4 Å². The van der Waals surface area contributed by atoms with Gasteiger partial charge >= 0.3 is 0 Å². The molecule has 20 heavy (non-hydrogen) atoms. The smallest absolute Gasteiger partial charge is 0.228 e. The molecule has 2 saturated heterocycles. The van der Waals surface area contributed by atoms with Gasteiger partial charge in [0.1, 0.15) is 5.82 Å². The molecule has 4 heteroatoms. The third-order valence-electron chi connectivity index (χ3n) is 4.40. The zero-order chi connectivity index (χ0) is 13.9. The topological polar surface area (TPSA) is 36.4 Å². The Balaban J connectivity index is 1.70. The minimum absolute atomic E-state index is 0.227. The largest absolute Gasteiger partial charge is 0.303 e. The molecule has 1 aromatic rings. The quantitative estimate of drug-likeness (QED) is 0.843. The molecule has 2 aliphatic rings. The highest BCUT2D eigenvalue weighted by Gasteiger charge is 2.29. The molecule has 1 amide bonds. The number of piperidine rings is 1. The fourth-order valence-corrected chi connectivity index (χ4v) is 3.03. The average molecular weight is 273 g/mol. The summed E-state index contributed by atoms with van der Waals surface area (Å²) >= 11 is 0. The predicted octanol–water partition coefficient (Wildman–Crippen LogP) is 2.09. The number of nitrogens with zero attached hydrogens (tertiary/aromatic N) is 3. The van der Waals surface area contributed by atoms with Crippen LogP contribution in [0.1, 0.15) is 31.9 Å². The Kier molecular flexibility index (Phi) is 4.01. The Morgan fingerprint density at radius 1 is 1.35 bits per heavy atom. The number of hydrogen-bond acceptors (Lipinski definition) is 3. The van der Waals surface area contributed by atoms with E-state index in [1.165, 1.54) is 19.5 Å². The fourth-order valence-electron chi connectivity index (χ4n) is 3.03. The summed E-state index contributed by atoms with van der Waals surface area (Å²) in [4.78, 5) is 21.2.